The van der Waals surface area contributed by atoms with Crippen LogP contribution in [0.3, 0.4) is 0 Å². The predicted octanol–water partition coefficient (Wildman–Crippen LogP) is 4.33. The summed E-state index contributed by atoms with van der Waals surface area (Å²) in [6.45, 7) is 5.06. The van der Waals surface area contributed by atoms with Crippen LogP contribution in [0.25, 0.3) is 33.0 Å². The number of halogens is 2. The van der Waals surface area contributed by atoms with Crippen molar-refractivity contribution in [1.29, 1.82) is 0 Å². The number of benzene rings is 2. The van der Waals surface area contributed by atoms with E-state index in [-0.39, 0.29) is 40.6 Å². The third kappa shape index (κ3) is 4.56. The van der Waals surface area contributed by atoms with Crippen LogP contribution in [0.2, 0.25) is 0 Å². The average molecular weight is 589 g/mol. The standard InChI is InChI=1S/C32H30F2N4O5/c1-3-22-24(34)6-5-19-13-21(39)14-23(25(19)22)28-18(2)27-26(30(40)43-28)29(37-9-11-41-12-10-37)36-31(35-27)42-17-32-7-4-8-38(32)16-20(33)15-32/h1,5-6,13-14,20,39H,4,7-12,15-17H2,2H3/t20-,32+/m1/s1. The van der Waals surface area contributed by atoms with Gasteiger partial charge in [-0.1, -0.05) is 12.0 Å². The van der Waals surface area contributed by atoms with Crippen molar-refractivity contribution in [2.24, 2.45) is 0 Å². The molecule has 222 valence electrons. The first kappa shape index (κ1) is 27.6. The molecule has 11 heteroatoms. The molecule has 0 spiro atoms. The van der Waals surface area contributed by atoms with Crippen LogP contribution in [0, 0.1) is 25.1 Å². The summed E-state index contributed by atoms with van der Waals surface area (Å²) in [6.07, 6.45) is 6.96. The molecule has 3 saturated heterocycles. The number of alkyl halides is 1. The zero-order valence-electron chi connectivity index (χ0n) is 23.7. The van der Waals surface area contributed by atoms with Crippen molar-refractivity contribution >= 4 is 27.5 Å². The lowest BCUT2D eigenvalue weighted by Gasteiger charge is -2.31. The topological polar surface area (TPSA) is 101 Å². The third-order valence-corrected chi connectivity index (χ3v) is 8.95. The number of ether oxygens (including phenoxy) is 2. The molecule has 3 aliphatic rings. The summed E-state index contributed by atoms with van der Waals surface area (Å²) >= 11 is 0. The molecular formula is C32H30F2N4O5. The maximum absolute atomic E-state index is 14.8. The van der Waals surface area contributed by atoms with Gasteiger partial charge in [0.2, 0.25) is 0 Å². The highest BCUT2D eigenvalue weighted by Gasteiger charge is 2.49. The summed E-state index contributed by atoms with van der Waals surface area (Å²) in [7, 11) is 0. The number of aryl methyl sites for hydroxylation is 1. The molecule has 0 unspecified atom stereocenters. The molecule has 7 rings (SSSR count). The van der Waals surface area contributed by atoms with Gasteiger partial charge in [0.25, 0.3) is 0 Å². The van der Waals surface area contributed by atoms with E-state index in [1.807, 2.05) is 4.90 Å². The number of morpholine rings is 1. The van der Waals surface area contributed by atoms with Crippen molar-refractivity contribution in [2.75, 3.05) is 50.9 Å². The highest BCUT2D eigenvalue weighted by Crippen LogP contribution is 2.42. The summed E-state index contributed by atoms with van der Waals surface area (Å²) < 4.78 is 46.9. The Balaban J connectivity index is 1.41. The fourth-order valence-electron chi connectivity index (χ4n) is 6.93. The second-order valence-electron chi connectivity index (χ2n) is 11.5. The van der Waals surface area contributed by atoms with Gasteiger partial charge >= 0.3 is 11.6 Å². The second-order valence-corrected chi connectivity index (χ2v) is 11.5. The van der Waals surface area contributed by atoms with E-state index in [4.69, 9.17) is 25.3 Å². The molecule has 2 atom stereocenters. The number of phenols is 1. The van der Waals surface area contributed by atoms with Gasteiger partial charge in [0.05, 0.1) is 29.8 Å². The highest BCUT2D eigenvalue weighted by molar-refractivity contribution is 6.03. The van der Waals surface area contributed by atoms with E-state index in [0.29, 0.717) is 66.9 Å². The van der Waals surface area contributed by atoms with E-state index in [1.165, 1.54) is 24.3 Å². The van der Waals surface area contributed by atoms with Crippen LogP contribution < -0.4 is 15.3 Å². The maximum atomic E-state index is 14.8. The zero-order chi connectivity index (χ0) is 29.9. The van der Waals surface area contributed by atoms with Gasteiger partial charge < -0.3 is 23.9 Å². The second kappa shape index (κ2) is 10.5. The Hall–Kier alpha value is -4.27. The van der Waals surface area contributed by atoms with Crippen molar-refractivity contribution in [1.82, 2.24) is 14.9 Å². The first-order valence-electron chi connectivity index (χ1n) is 14.4. The van der Waals surface area contributed by atoms with Crippen LogP contribution in [-0.2, 0) is 4.74 Å². The molecule has 1 N–H and O–H groups in total. The smallest absolute Gasteiger partial charge is 0.349 e. The summed E-state index contributed by atoms with van der Waals surface area (Å²) in [4.78, 5) is 27.2. The Bertz CT molecular complexity index is 1870. The summed E-state index contributed by atoms with van der Waals surface area (Å²) in [5.74, 6) is 2.12. The first-order valence-corrected chi connectivity index (χ1v) is 14.4. The molecule has 2 aromatic heterocycles. The third-order valence-electron chi connectivity index (χ3n) is 8.95. The minimum atomic E-state index is -0.908. The fraction of sp³-hybridized carbons (Fsp3) is 0.406. The molecule has 3 aliphatic heterocycles. The molecular weight excluding hydrogens is 558 g/mol. The minimum Gasteiger partial charge on any atom is -0.508 e. The normalized spacial score (nSPS) is 22.3. The Morgan fingerprint density at radius 3 is 2.81 bits per heavy atom. The van der Waals surface area contributed by atoms with Gasteiger partial charge in [-0.3, -0.25) is 4.90 Å². The number of rotatable bonds is 5. The molecule has 43 heavy (non-hydrogen) atoms. The van der Waals surface area contributed by atoms with Crippen molar-refractivity contribution in [2.45, 2.75) is 37.9 Å². The summed E-state index contributed by atoms with van der Waals surface area (Å²) in [5.41, 5.74) is -0.116. The lowest BCUT2D eigenvalue weighted by Crippen LogP contribution is -2.43. The largest absolute Gasteiger partial charge is 0.508 e. The number of anilines is 1. The average Bonchev–Trinajstić information content (AvgIpc) is 3.53. The predicted molar refractivity (Wildman–Crippen MR) is 157 cm³/mol. The number of hydrogen-bond donors (Lipinski definition) is 1. The van der Waals surface area contributed by atoms with Gasteiger partial charge in [0.15, 0.2) is 5.82 Å². The number of aromatic hydroxyl groups is 1. The molecule has 0 bridgehead atoms. The van der Waals surface area contributed by atoms with Gasteiger partial charge in [-0.05, 0) is 49.9 Å². The monoisotopic (exact) mass is 588 g/mol. The van der Waals surface area contributed by atoms with Gasteiger partial charge in [-0.2, -0.15) is 9.97 Å². The number of nitrogens with zero attached hydrogens (tertiary/aromatic N) is 4. The van der Waals surface area contributed by atoms with E-state index < -0.39 is 23.2 Å². The number of hydrogen-bond acceptors (Lipinski definition) is 9. The Morgan fingerprint density at radius 2 is 2.02 bits per heavy atom. The maximum Gasteiger partial charge on any atom is 0.349 e. The molecule has 0 aliphatic carbocycles. The number of phenolic OH excluding ortho intramolecular Hbond substituents is 1. The fourth-order valence-corrected chi connectivity index (χ4v) is 6.93. The number of fused-ring (bicyclic) bond motifs is 3. The molecule has 9 nitrogen and oxygen atoms in total. The van der Waals surface area contributed by atoms with E-state index in [0.717, 1.165) is 19.4 Å². The molecule has 4 aromatic rings. The van der Waals surface area contributed by atoms with Crippen LogP contribution in [0.5, 0.6) is 11.8 Å². The number of terminal acetylenes is 1. The molecule has 0 radical (unpaired) electrons. The Kier molecular flexibility index (Phi) is 6.71. The zero-order valence-corrected chi connectivity index (χ0v) is 23.7. The lowest BCUT2D eigenvalue weighted by atomic mass is 9.95. The van der Waals surface area contributed by atoms with Crippen LogP contribution in [0.4, 0.5) is 14.6 Å². The molecule has 3 fully saturated rings. The quantitative estimate of drug-likeness (QED) is 0.342. The Morgan fingerprint density at radius 1 is 1.21 bits per heavy atom. The van der Waals surface area contributed by atoms with Gasteiger partial charge in [0, 0.05) is 42.6 Å². The van der Waals surface area contributed by atoms with Crippen molar-refractivity contribution in [3.8, 4) is 35.4 Å². The van der Waals surface area contributed by atoms with E-state index in [9.17, 15) is 18.7 Å². The first-order chi connectivity index (χ1) is 20.8. The van der Waals surface area contributed by atoms with E-state index >= 15 is 0 Å². The van der Waals surface area contributed by atoms with Gasteiger partial charge in [-0.25, -0.2) is 13.6 Å². The van der Waals surface area contributed by atoms with Gasteiger partial charge in [-0.15, -0.1) is 6.42 Å². The minimum absolute atomic E-state index is 0.0153. The van der Waals surface area contributed by atoms with Crippen LogP contribution >= 0.6 is 0 Å². The molecule has 5 heterocycles. The van der Waals surface area contributed by atoms with Crippen molar-refractivity contribution < 1.29 is 27.8 Å². The molecule has 0 saturated carbocycles. The van der Waals surface area contributed by atoms with Crippen molar-refractivity contribution in [3.05, 3.63) is 51.6 Å². The Labute approximate surface area is 246 Å². The molecule has 0 amide bonds. The van der Waals surface area contributed by atoms with Crippen LogP contribution in [-0.4, -0.2) is 77.7 Å². The van der Waals surface area contributed by atoms with Gasteiger partial charge in [0.1, 0.15) is 35.5 Å². The highest BCUT2D eigenvalue weighted by atomic mass is 19.1. The van der Waals surface area contributed by atoms with E-state index in [2.05, 4.69) is 15.8 Å². The van der Waals surface area contributed by atoms with E-state index in [1.54, 1.807) is 6.92 Å². The number of aromatic nitrogens is 2. The SMILES string of the molecule is C#Cc1c(F)ccc2cc(O)cc(-c3oc(=O)c4c(N5CCOCC5)nc(OC[C@@]56CCCN5C[C@H](F)C6)nc4c3C)c12. The molecule has 2 aromatic carbocycles. The summed E-state index contributed by atoms with van der Waals surface area (Å²) in [6, 6.07) is 5.66. The van der Waals surface area contributed by atoms with Crippen LogP contribution in [0.1, 0.15) is 30.4 Å². The lowest BCUT2D eigenvalue weighted by molar-refractivity contribution is 0.107. The van der Waals surface area contributed by atoms with Crippen LogP contribution in [0.15, 0.2) is 33.5 Å². The summed E-state index contributed by atoms with van der Waals surface area (Å²) in [5, 5.41) is 11.5. The van der Waals surface area contributed by atoms with Crippen molar-refractivity contribution in [3.63, 3.8) is 0 Å².